The normalized spacial score (nSPS) is 13.1. The number of oxazole rings is 1. The highest BCUT2D eigenvalue weighted by Gasteiger charge is 2.13. The predicted octanol–water partition coefficient (Wildman–Crippen LogP) is 3.14. The van der Waals surface area contributed by atoms with Crippen LogP contribution in [0.4, 0.5) is 0 Å². The van der Waals surface area contributed by atoms with E-state index in [0.717, 1.165) is 5.52 Å². The fraction of sp³-hybridized carbons (Fsp3) is 0.300. The van der Waals surface area contributed by atoms with Crippen LogP contribution in [0.2, 0.25) is 0 Å². The van der Waals surface area contributed by atoms with Crippen molar-refractivity contribution in [2.75, 3.05) is 7.11 Å². The number of aromatic nitrogens is 1. The van der Waals surface area contributed by atoms with Gasteiger partial charge in [-0.05, 0) is 19.1 Å². The number of halogens is 1. The number of alkyl halides is 1. The zero-order valence-corrected chi connectivity index (χ0v) is 8.71. The summed E-state index contributed by atoms with van der Waals surface area (Å²) in [5.74, 6) is 1.22. The highest BCUT2D eigenvalue weighted by Crippen LogP contribution is 2.29. The van der Waals surface area contributed by atoms with Gasteiger partial charge in [-0.2, -0.15) is 0 Å². The van der Waals surface area contributed by atoms with E-state index in [0.29, 0.717) is 17.2 Å². The zero-order valence-electron chi connectivity index (χ0n) is 7.95. The minimum atomic E-state index is -0.230. The lowest BCUT2D eigenvalue weighted by molar-refractivity contribution is 0.419. The van der Waals surface area contributed by atoms with Gasteiger partial charge in [-0.15, -0.1) is 11.6 Å². The van der Waals surface area contributed by atoms with Crippen molar-refractivity contribution in [2.24, 2.45) is 0 Å². The molecular formula is C10H10ClNO2. The van der Waals surface area contributed by atoms with Gasteiger partial charge in [0.25, 0.3) is 0 Å². The molecule has 0 N–H and O–H groups in total. The molecule has 1 atom stereocenters. The molecule has 3 nitrogen and oxygen atoms in total. The number of rotatable bonds is 2. The Balaban J connectivity index is 2.64. The van der Waals surface area contributed by atoms with E-state index in [1.807, 2.05) is 25.1 Å². The number of para-hydroxylation sites is 1. The lowest BCUT2D eigenvalue weighted by atomic mass is 10.3. The summed E-state index contributed by atoms with van der Waals surface area (Å²) in [5, 5.41) is -0.230. The molecule has 4 heteroatoms. The zero-order chi connectivity index (χ0) is 10.1. The van der Waals surface area contributed by atoms with Gasteiger partial charge in [0.15, 0.2) is 11.1 Å². The van der Waals surface area contributed by atoms with Crippen LogP contribution in [0, 0.1) is 0 Å². The van der Waals surface area contributed by atoms with Gasteiger partial charge in [0, 0.05) is 0 Å². The van der Waals surface area contributed by atoms with Crippen LogP contribution in [-0.4, -0.2) is 12.1 Å². The van der Waals surface area contributed by atoms with Gasteiger partial charge >= 0.3 is 0 Å². The molecule has 2 aromatic rings. The summed E-state index contributed by atoms with van der Waals surface area (Å²) >= 11 is 5.87. The van der Waals surface area contributed by atoms with Crippen LogP contribution in [0.25, 0.3) is 11.1 Å². The van der Waals surface area contributed by atoms with E-state index in [1.165, 1.54) is 0 Å². The molecule has 0 saturated heterocycles. The second-order valence-electron chi connectivity index (χ2n) is 2.98. The molecule has 1 unspecified atom stereocenters. The smallest absolute Gasteiger partial charge is 0.213 e. The van der Waals surface area contributed by atoms with E-state index in [-0.39, 0.29) is 5.38 Å². The van der Waals surface area contributed by atoms with Crippen LogP contribution in [0.5, 0.6) is 5.75 Å². The standard InChI is InChI=1S/C10H10ClNO2/c1-6(11)10-12-9-7(13-2)4-3-5-8(9)14-10/h3-6H,1-2H3. The summed E-state index contributed by atoms with van der Waals surface area (Å²) in [6.07, 6.45) is 0. The Morgan fingerprint density at radius 2 is 2.29 bits per heavy atom. The first kappa shape index (κ1) is 9.34. The molecule has 0 radical (unpaired) electrons. The van der Waals surface area contributed by atoms with Crippen molar-refractivity contribution in [2.45, 2.75) is 12.3 Å². The number of nitrogens with zero attached hydrogens (tertiary/aromatic N) is 1. The van der Waals surface area contributed by atoms with Crippen molar-refractivity contribution >= 4 is 22.7 Å². The number of hydrogen-bond donors (Lipinski definition) is 0. The van der Waals surface area contributed by atoms with E-state index < -0.39 is 0 Å². The first-order valence-corrected chi connectivity index (χ1v) is 4.73. The predicted molar refractivity (Wildman–Crippen MR) is 54.8 cm³/mol. The highest BCUT2D eigenvalue weighted by molar-refractivity contribution is 6.20. The fourth-order valence-corrected chi connectivity index (χ4v) is 1.37. The van der Waals surface area contributed by atoms with Crippen molar-refractivity contribution in [3.63, 3.8) is 0 Å². The van der Waals surface area contributed by atoms with E-state index in [9.17, 15) is 0 Å². The van der Waals surface area contributed by atoms with Crippen molar-refractivity contribution in [1.29, 1.82) is 0 Å². The highest BCUT2D eigenvalue weighted by atomic mass is 35.5. The first-order chi connectivity index (χ1) is 6.72. The summed E-state index contributed by atoms with van der Waals surface area (Å²) in [6, 6.07) is 5.54. The van der Waals surface area contributed by atoms with Crippen LogP contribution in [0.15, 0.2) is 22.6 Å². The topological polar surface area (TPSA) is 35.3 Å². The molecular weight excluding hydrogens is 202 g/mol. The van der Waals surface area contributed by atoms with Gasteiger partial charge < -0.3 is 9.15 Å². The maximum absolute atomic E-state index is 5.87. The molecule has 0 fully saturated rings. The molecule has 0 aliphatic carbocycles. The average Bonchev–Trinajstić information content (AvgIpc) is 2.60. The van der Waals surface area contributed by atoms with Crippen LogP contribution >= 0.6 is 11.6 Å². The molecule has 0 bridgehead atoms. The number of methoxy groups -OCH3 is 1. The molecule has 14 heavy (non-hydrogen) atoms. The fourth-order valence-electron chi connectivity index (χ4n) is 1.28. The third kappa shape index (κ3) is 1.44. The third-order valence-corrected chi connectivity index (χ3v) is 2.15. The Morgan fingerprint density at radius 3 is 2.93 bits per heavy atom. The largest absolute Gasteiger partial charge is 0.494 e. The van der Waals surface area contributed by atoms with Crippen LogP contribution < -0.4 is 4.74 Å². The summed E-state index contributed by atoms with van der Waals surface area (Å²) in [6.45, 7) is 1.82. The van der Waals surface area contributed by atoms with Gasteiger partial charge in [0.2, 0.25) is 5.89 Å². The van der Waals surface area contributed by atoms with Crippen molar-refractivity contribution < 1.29 is 9.15 Å². The molecule has 0 spiro atoms. The van der Waals surface area contributed by atoms with Gasteiger partial charge in [-0.3, -0.25) is 0 Å². The van der Waals surface area contributed by atoms with Gasteiger partial charge in [-0.1, -0.05) is 6.07 Å². The first-order valence-electron chi connectivity index (χ1n) is 4.30. The number of hydrogen-bond acceptors (Lipinski definition) is 3. The number of ether oxygens (including phenoxy) is 1. The Labute approximate surface area is 86.6 Å². The van der Waals surface area contributed by atoms with Crippen molar-refractivity contribution in [3.8, 4) is 5.75 Å². The number of fused-ring (bicyclic) bond motifs is 1. The molecule has 0 aliphatic rings. The van der Waals surface area contributed by atoms with E-state index in [1.54, 1.807) is 7.11 Å². The average molecular weight is 212 g/mol. The molecule has 1 aromatic carbocycles. The molecule has 0 amide bonds. The second kappa shape index (κ2) is 3.50. The van der Waals surface area contributed by atoms with Gasteiger partial charge in [-0.25, -0.2) is 4.98 Å². The minimum absolute atomic E-state index is 0.230. The Bertz CT molecular complexity index is 450. The van der Waals surface area contributed by atoms with E-state index >= 15 is 0 Å². The Kier molecular flexibility index (Phi) is 2.33. The summed E-state index contributed by atoms with van der Waals surface area (Å²) < 4.78 is 10.6. The minimum Gasteiger partial charge on any atom is -0.494 e. The SMILES string of the molecule is COc1cccc2oc(C(C)Cl)nc12. The van der Waals surface area contributed by atoms with Crippen molar-refractivity contribution in [1.82, 2.24) is 4.98 Å². The van der Waals surface area contributed by atoms with Crippen molar-refractivity contribution in [3.05, 3.63) is 24.1 Å². The monoisotopic (exact) mass is 211 g/mol. The quantitative estimate of drug-likeness (QED) is 0.716. The summed E-state index contributed by atoms with van der Waals surface area (Å²) in [5.41, 5.74) is 1.42. The number of benzene rings is 1. The maximum Gasteiger partial charge on any atom is 0.213 e. The van der Waals surface area contributed by atoms with Crippen LogP contribution in [0.1, 0.15) is 18.2 Å². The van der Waals surface area contributed by atoms with Gasteiger partial charge in [0.05, 0.1) is 7.11 Å². The van der Waals surface area contributed by atoms with Crippen LogP contribution in [-0.2, 0) is 0 Å². The summed E-state index contributed by atoms with van der Waals surface area (Å²) in [4.78, 5) is 4.26. The molecule has 2 rings (SSSR count). The lowest BCUT2D eigenvalue weighted by Gasteiger charge is -1.96. The van der Waals surface area contributed by atoms with E-state index in [4.69, 9.17) is 20.8 Å². The molecule has 74 valence electrons. The second-order valence-corrected chi connectivity index (χ2v) is 3.63. The maximum atomic E-state index is 5.87. The molecule has 1 aromatic heterocycles. The Morgan fingerprint density at radius 1 is 1.50 bits per heavy atom. The van der Waals surface area contributed by atoms with Crippen LogP contribution in [0.3, 0.4) is 0 Å². The van der Waals surface area contributed by atoms with Gasteiger partial charge in [0.1, 0.15) is 11.1 Å². The lowest BCUT2D eigenvalue weighted by Crippen LogP contribution is -1.85. The summed E-state index contributed by atoms with van der Waals surface area (Å²) in [7, 11) is 1.60. The Hall–Kier alpha value is -1.22. The van der Waals surface area contributed by atoms with E-state index in [2.05, 4.69) is 4.98 Å². The third-order valence-electron chi connectivity index (χ3n) is 1.96. The molecule has 0 aliphatic heterocycles. The molecule has 0 saturated carbocycles. The molecule has 1 heterocycles.